The Bertz CT molecular complexity index is 901. The molecule has 6 heteroatoms. The van der Waals surface area contributed by atoms with Crippen molar-refractivity contribution in [3.63, 3.8) is 0 Å². The maximum atomic E-state index is 12.6. The molecule has 0 fully saturated rings. The molecular formula is C20H21N3O2S. The molecule has 3 aromatic rings. The SMILES string of the molecule is Cc1cccc(CNC(=O)c2cccnc2SCc2c(C)noc2C)c1. The largest absolute Gasteiger partial charge is 0.361 e. The molecule has 0 unspecified atom stereocenters. The van der Waals surface area contributed by atoms with Gasteiger partial charge in [0, 0.05) is 24.1 Å². The molecule has 0 aliphatic carbocycles. The topological polar surface area (TPSA) is 68.0 Å². The van der Waals surface area contributed by atoms with Crippen LogP contribution < -0.4 is 5.32 Å². The van der Waals surface area contributed by atoms with E-state index in [0.717, 1.165) is 22.6 Å². The lowest BCUT2D eigenvalue weighted by atomic mass is 10.1. The van der Waals surface area contributed by atoms with E-state index in [0.29, 0.717) is 22.9 Å². The standard InChI is InChI=1S/C20H21N3O2S/c1-13-6-4-7-16(10-13)11-22-19(24)17-8-5-9-21-20(17)26-12-18-14(2)23-25-15(18)3/h4-10H,11-12H2,1-3H3,(H,22,24). The fraction of sp³-hybridized carbons (Fsp3) is 0.250. The zero-order valence-electron chi connectivity index (χ0n) is 15.1. The van der Waals surface area contributed by atoms with Crippen molar-refractivity contribution in [1.82, 2.24) is 15.5 Å². The first-order valence-corrected chi connectivity index (χ1v) is 9.36. The molecule has 0 spiro atoms. The Morgan fingerprint density at radius 2 is 2.04 bits per heavy atom. The second-order valence-corrected chi connectivity index (χ2v) is 7.08. The number of benzene rings is 1. The number of aryl methyl sites for hydroxylation is 3. The van der Waals surface area contributed by atoms with Gasteiger partial charge in [-0.15, -0.1) is 11.8 Å². The van der Waals surface area contributed by atoms with Crippen molar-refractivity contribution in [2.45, 2.75) is 38.1 Å². The summed E-state index contributed by atoms with van der Waals surface area (Å²) in [6, 6.07) is 11.7. The highest BCUT2D eigenvalue weighted by molar-refractivity contribution is 7.98. The summed E-state index contributed by atoms with van der Waals surface area (Å²) in [5.41, 5.74) is 4.75. The Balaban J connectivity index is 1.69. The molecule has 26 heavy (non-hydrogen) atoms. The second kappa shape index (κ2) is 8.19. The summed E-state index contributed by atoms with van der Waals surface area (Å²) >= 11 is 1.51. The van der Waals surface area contributed by atoms with E-state index in [1.165, 1.54) is 17.3 Å². The Hall–Kier alpha value is -2.60. The Labute approximate surface area is 157 Å². The Morgan fingerprint density at radius 1 is 1.19 bits per heavy atom. The molecule has 0 saturated heterocycles. The Morgan fingerprint density at radius 3 is 2.77 bits per heavy atom. The molecule has 0 aliphatic rings. The van der Waals surface area contributed by atoms with E-state index < -0.39 is 0 Å². The number of hydrogen-bond donors (Lipinski definition) is 1. The average Bonchev–Trinajstić information content (AvgIpc) is 2.96. The van der Waals surface area contributed by atoms with Crippen LogP contribution in [0.15, 0.2) is 52.1 Å². The van der Waals surface area contributed by atoms with Crippen molar-refractivity contribution in [3.8, 4) is 0 Å². The van der Waals surface area contributed by atoms with Crippen LogP contribution in [0, 0.1) is 20.8 Å². The molecule has 2 heterocycles. The number of aromatic nitrogens is 2. The fourth-order valence-electron chi connectivity index (χ4n) is 2.63. The number of nitrogens with zero attached hydrogens (tertiary/aromatic N) is 2. The third kappa shape index (κ3) is 4.32. The maximum Gasteiger partial charge on any atom is 0.254 e. The summed E-state index contributed by atoms with van der Waals surface area (Å²) in [5.74, 6) is 1.34. The van der Waals surface area contributed by atoms with Crippen LogP contribution in [0.1, 0.15) is 38.5 Å². The molecule has 1 amide bonds. The van der Waals surface area contributed by atoms with E-state index >= 15 is 0 Å². The first kappa shape index (κ1) is 18.2. The van der Waals surface area contributed by atoms with Crippen LogP contribution in [0.3, 0.4) is 0 Å². The van der Waals surface area contributed by atoms with Gasteiger partial charge in [-0.1, -0.05) is 35.0 Å². The summed E-state index contributed by atoms with van der Waals surface area (Å²) in [6.45, 7) is 6.34. The third-order valence-corrected chi connectivity index (χ3v) is 5.12. The van der Waals surface area contributed by atoms with Crippen LogP contribution >= 0.6 is 11.8 Å². The summed E-state index contributed by atoms with van der Waals surface area (Å²) in [4.78, 5) is 17.0. The number of thioether (sulfide) groups is 1. The fourth-order valence-corrected chi connectivity index (χ4v) is 3.77. The van der Waals surface area contributed by atoms with Gasteiger partial charge in [0.2, 0.25) is 0 Å². The first-order chi connectivity index (χ1) is 12.5. The molecule has 0 bridgehead atoms. The predicted molar refractivity (Wildman–Crippen MR) is 102 cm³/mol. The van der Waals surface area contributed by atoms with Gasteiger partial charge in [-0.25, -0.2) is 4.98 Å². The molecular weight excluding hydrogens is 346 g/mol. The molecule has 3 rings (SSSR count). The number of pyridine rings is 1. The van der Waals surface area contributed by atoms with Crippen molar-refractivity contribution in [2.75, 3.05) is 0 Å². The van der Waals surface area contributed by atoms with Crippen LogP contribution in [0.2, 0.25) is 0 Å². The van der Waals surface area contributed by atoms with Gasteiger partial charge in [0.05, 0.1) is 11.3 Å². The van der Waals surface area contributed by atoms with Gasteiger partial charge >= 0.3 is 0 Å². The molecule has 134 valence electrons. The Kier molecular flexibility index (Phi) is 5.73. The second-order valence-electron chi connectivity index (χ2n) is 6.12. The molecule has 2 aromatic heterocycles. The number of nitrogens with one attached hydrogen (secondary N) is 1. The van der Waals surface area contributed by atoms with Crippen molar-refractivity contribution in [1.29, 1.82) is 0 Å². The van der Waals surface area contributed by atoms with Gasteiger partial charge in [-0.3, -0.25) is 4.79 Å². The summed E-state index contributed by atoms with van der Waals surface area (Å²) < 4.78 is 5.20. The third-order valence-electron chi connectivity index (χ3n) is 4.09. The molecule has 0 saturated carbocycles. The lowest BCUT2D eigenvalue weighted by Gasteiger charge is -2.09. The summed E-state index contributed by atoms with van der Waals surface area (Å²) in [5, 5.41) is 7.65. The van der Waals surface area contributed by atoms with Crippen LogP contribution in [0.25, 0.3) is 0 Å². The van der Waals surface area contributed by atoms with Gasteiger partial charge in [-0.05, 0) is 38.5 Å². The molecule has 0 radical (unpaired) electrons. The zero-order valence-corrected chi connectivity index (χ0v) is 15.9. The predicted octanol–water partition coefficient (Wildman–Crippen LogP) is 4.22. The molecule has 5 nitrogen and oxygen atoms in total. The quantitative estimate of drug-likeness (QED) is 0.661. The minimum Gasteiger partial charge on any atom is -0.361 e. The number of hydrogen-bond acceptors (Lipinski definition) is 5. The van der Waals surface area contributed by atoms with Crippen LogP contribution in [-0.4, -0.2) is 16.0 Å². The van der Waals surface area contributed by atoms with Crippen molar-refractivity contribution in [2.24, 2.45) is 0 Å². The molecule has 1 aromatic carbocycles. The van der Waals surface area contributed by atoms with Gasteiger partial charge in [0.15, 0.2) is 0 Å². The van der Waals surface area contributed by atoms with Crippen LogP contribution in [0.4, 0.5) is 0 Å². The lowest BCUT2D eigenvalue weighted by Crippen LogP contribution is -2.23. The highest BCUT2D eigenvalue weighted by Gasteiger charge is 2.15. The average molecular weight is 367 g/mol. The van der Waals surface area contributed by atoms with E-state index in [-0.39, 0.29) is 5.91 Å². The summed E-state index contributed by atoms with van der Waals surface area (Å²) in [6.07, 6.45) is 1.70. The molecule has 0 aliphatic heterocycles. The van der Waals surface area contributed by atoms with E-state index in [9.17, 15) is 4.79 Å². The van der Waals surface area contributed by atoms with E-state index in [1.54, 1.807) is 18.3 Å². The molecule has 1 N–H and O–H groups in total. The number of rotatable bonds is 6. The highest BCUT2D eigenvalue weighted by Crippen LogP contribution is 2.27. The van der Waals surface area contributed by atoms with Crippen LogP contribution in [0.5, 0.6) is 0 Å². The van der Waals surface area contributed by atoms with Gasteiger partial charge < -0.3 is 9.84 Å². The monoisotopic (exact) mass is 367 g/mol. The van der Waals surface area contributed by atoms with E-state index in [1.807, 2.05) is 39.0 Å². The number of carbonyl (C=O) groups excluding carboxylic acids is 1. The van der Waals surface area contributed by atoms with Crippen molar-refractivity contribution in [3.05, 3.63) is 76.3 Å². The highest BCUT2D eigenvalue weighted by atomic mass is 32.2. The molecule has 0 atom stereocenters. The zero-order chi connectivity index (χ0) is 18.5. The maximum absolute atomic E-state index is 12.6. The van der Waals surface area contributed by atoms with E-state index in [2.05, 4.69) is 21.5 Å². The van der Waals surface area contributed by atoms with Crippen LogP contribution in [-0.2, 0) is 12.3 Å². The number of carbonyl (C=O) groups is 1. The van der Waals surface area contributed by atoms with Crippen molar-refractivity contribution >= 4 is 17.7 Å². The first-order valence-electron chi connectivity index (χ1n) is 8.38. The minimum absolute atomic E-state index is 0.124. The van der Waals surface area contributed by atoms with Gasteiger partial charge in [0.25, 0.3) is 5.91 Å². The normalized spacial score (nSPS) is 10.7. The van der Waals surface area contributed by atoms with Crippen molar-refractivity contribution < 1.29 is 9.32 Å². The minimum atomic E-state index is -0.124. The van der Waals surface area contributed by atoms with Gasteiger partial charge in [0.1, 0.15) is 10.8 Å². The summed E-state index contributed by atoms with van der Waals surface area (Å²) in [7, 11) is 0. The van der Waals surface area contributed by atoms with Gasteiger partial charge in [-0.2, -0.15) is 0 Å². The smallest absolute Gasteiger partial charge is 0.254 e. The lowest BCUT2D eigenvalue weighted by molar-refractivity contribution is 0.0947. The number of amides is 1. The van der Waals surface area contributed by atoms with E-state index in [4.69, 9.17) is 4.52 Å².